The average molecular weight is 477 g/mol. The van der Waals surface area contributed by atoms with E-state index in [1.165, 1.54) is 28.5 Å². The van der Waals surface area contributed by atoms with Gasteiger partial charge in [-0.2, -0.15) is 9.97 Å². The third-order valence-corrected chi connectivity index (χ3v) is 6.73. The van der Waals surface area contributed by atoms with Crippen molar-refractivity contribution in [2.24, 2.45) is 4.99 Å². The topological polar surface area (TPSA) is 74.2 Å². The minimum absolute atomic E-state index is 0.0167. The molecular formula is C27H36N6O2. The predicted octanol–water partition coefficient (Wildman–Crippen LogP) is 3.33. The van der Waals surface area contributed by atoms with Gasteiger partial charge in [0.1, 0.15) is 5.82 Å². The zero-order valence-electron chi connectivity index (χ0n) is 21.4. The molecule has 2 aliphatic rings. The van der Waals surface area contributed by atoms with Gasteiger partial charge in [-0.1, -0.05) is 25.6 Å². The van der Waals surface area contributed by atoms with Crippen LogP contribution in [0.2, 0.25) is 0 Å². The quantitative estimate of drug-likeness (QED) is 0.451. The molecule has 4 rings (SSSR count). The first kappa shape index (κ1) is 24.7. The van der Waals surface area contributed by atoms with E-state index < -0.39 is 0 Å². The Hall–Kier alpha value is -3.42. The van der Waals surface area contributed by atoms with E-state index in [2.05, 4.69) is 54.3 Å². The van der Waals surface area contributed by atoms with Crippen molar-refractivity contribution in [3.63, 3.8) is 0 Å². The molecule has 2 aromatic rings. The van der Waals surface area contributed by atoms with Crippen molar-refractivity contribution in [2.75, 3.05) is 56.2 Å². The summed E-state index contributed by atoms with van der Waals surface area (Å²) in [6, 6.07) is 4.77. The number of amides is 1. The summed E-state index contributed by atoms with van der Waals surface area (Å²) in [6.07, 6.45) is 5.09. The van der Waals surface area contributed by atoms with Crippen molar-refractivity contribution in [3.05, 3.63) is 52.7 Å². The predicted molar refractivity (Wildman–Crippen MR) is 141 cm³/mol. The second kappa shape index (κ2) is 10.9. The van der Waals surface area contributed by atoms with Crippen LogP contribution in [-0.4, -0.2) is 73.4 Å². The van der Waals surface area contributed by atoms with Crippen LogP contribution in [-0.2, 0) is 17.8 Å². The summed E-state index contributed by atoms with van der Waals surface area (Å²) in [5, 5.41) is 0. The minimum atomic E-state index is -0.0167. The van der Waals surface area contributed by atoms with Gasteiger partial charge in [0.25, 0.3) is 0 Å². The van der Waals surface area contributed by atoms with Gasteiger partial charge in [0.2, 0.25) is 5.91 Å². The molecule has 1 aromatic carbocycles. The number of hydrogen-bond donors (Lipinski definition) is 0. The van der Waals surface area contributed by atoms with Gasteiger partial charge in [0.05, 0.1) is 18.8 Å². The van der Waals surface area contributed by atoms with E-state index in [-0.39, 0.29) is 5.91 Å². The van der Waals surface area contributed by atoms with Crippen LogP contribution in [0.4, 0.5) is 11.5 Å². The van der Waals surface area contributed by atoms with Gasteiger partial charge in [-0.3, -0.25) is 9.79 Å². The van der Waals surface area contributed by atoms with E-state index >= 15 is 0 Å². The highest BCUT2D eigenvalue weighted by atomic mass is 16.5. The number of anilines is 2. The Morgan fingerprint density at radius 1 is 1.11 bits per heavy atom. The molecule has 1 aromatic heterocycles. The summed E-state index contributed by atoms with van der Waals surface area (Å²) in [5.41, 5.74) is 7.02. The Morgan fingerprint density at radius 3 is 2.54 bits per heavy atom. The maximum Gasteiger partial charge on any atom is 0.318 e. The van der Waals surface area contributed by atoms with Crippen molar-refractivity contribution >= 4 is 23.6 Å². The van der Waals surface area contributed by atoms with E-state index in [4.69, 9.17) is 14.7 Å². The molecule has 2 aliphatic heterocycles. The Balaban J connectivity index is 1.67. The Labute approximate surface area is 208 Å². The number of piperazine rings is 1. The SMILES string of the molecule is C=CC(=O)N1CCN(c2nc(OCCC)nc3c2CCN(c2c(C)ccc(C)c2C=NC)C3)CC1. The molecule has 0 radical (unpaired) electrons. The number of aliphatic imine (C=N–C) groups is 1. The maximum atomic E-state index is 12.0. The first-order valence-electron chi connectivity index (χ1n) is 12.4. The summed E-state index contributed by atoms with van der Waals surface area (Å²) in [6.45, 7) is 14.9. The van der Waals surface area contributed by atoms with Gasteiger partial charge >= 0.3 is 6.01 Å². The fourth-order valence-corrected chi connectivity index (χ4v) is 4.90. The summed E-state index contributed by atoms with van der Waals surface area (Å²) in [4.78, 5) is 32.6. The summed E-state index contributed by atoms with van der Waals surface area (Å²) < 4.78 is 5.91. The molecule has 0 N–H and O–H groups in total. The number of benzene rings is 1. The van der Waals surface area contributed by atoms with Crippen LogP contribution in [0.15, 0.2) is 29.8 Å². The van der Waals surface area contributed by atoms with Gasteiger partial charge < -0.3 is 19.4 Å². The molecule has 0 atom stereocenters. The zero-order chi connectivity index (χ0) is 24.9. The number of carbonyl (C=O) groups is 1. The van der Waals surface area contributed by atoms with Gasteiger partial charge in [0, 0.05) is 62.8 Å². The second-order valence-electron chi connectivity index (χ2n) is 9.14. The Kier molecular flexibility index (Phi) is 7.68. The van der Waals surface area contributed by atoms with E-state index in [1.54, 1.807) is 0 Å². The molecule has 0 spiro atoms. The highest BCUT2D eigenvalue weighted by Crippen LogP contribution is 2.34. The number of carbonyl (C=O) groups excluding carboxylic acids is 1. The standard InChI is InChI=1S/C27H36N6O2/c1-6-16-35-27-29-23-18-33(25-20(4)9-8-19(3)22(25)17-28-5)11-10-21(23)26(30-27)32-14-12-31(13-15-32)24(34)7-2/h7-9,17H,2,6,10-16,18H2,1,3-5H3. The van der Waals surface area contributed by atoms with Crippen LogP contribution in [0, 0.1) is 13.8 Å². The lowest BCUT2D eigenvalue weighted by Crippen LogP contribution is -2.49. The molecule has 8 heteroatoms. The van der Waals surface area contributed by atoms with E-state index in [0.29, 0.717) is 32.3 Å². The number of ether oxygens (including phenoxy) is 1. The minimum Gasteiger partial charge on any atom is -0.463 e. The van der Waals surface area contributed by atoms with E-state index in [1.807, 2.05) is 18.2 Å². The van der Waals surface area contributed by atoms with Crippen LogP contribution in [0.5, 0.6) is 6.01 Å². The van der Waals surface area contributed by atoms with Gasteiger partial charge in [0.15, 0.2) is 0 Å². The smallest absolute Gasteiger partial charge is 0.318 e. The van der Waals surface area contributed by atoms with Crippen LogP contribution < -0.4 is 14.5 Å². The molecule has 3 heterocycles. The summed E-state index contributed by atoms with van der Waals surface area (Å²) >= 11 is 0. The number of rotatable bonds is 7. The molecule has 8 nitrogen and oxygen atoms in total. The summed E-state index contributed by atoms with van der Waals surface area (Å²) in [5.74, 6) is 0.930. The molecule has 1 fully saturated rings. The van der Waals surface area contributed by atoms with Gasteiger partial charge in [-0.25, -0.2) is 0 Å². The maximum absolute atomic E-state index is 12.0. The normalized spacial score (nSPS) is 15.9. The number of fused-ring (bicyclic) bond motifs is 1. The number of aromatic nitrogens is 2. The van der Waals surface area contributed by atoms with Crippen LogP contribution in [0.25, 0.3) is 0 Å². The van der Waals surface area contributed by atoms with Gasteiger partial charge in [-0.15, -0.1) is 0 Å². The van der Waals surface area contributed by atoms with E-state index in [9.17, 15) is 4.79 Å². The zero-order valence-corrected chi connectivity index (χ0v) is 21.4. The van der Waals surface area contributed by atoms with Gasteiger partial charge in [-0.05, 0) is 43.9 Å². The Morgan fingerprint density at radius 2 is 1.86 bits per heavy atom. The second-order valence-corrected chi connectivity index (χ2v) is 9.14. The molecule has 35 heavy (non-hydrogen) atoms. The lowest BCUT2D eigenvalue weighted by atomic mass is 9.98. The first-order chi connectivity index (χ1) is 17.0. The molecule has 0 aliphatic carbocycles. The molecule has 1 amide bonds. The Bertz CT molecular complexity index is 1120. The van der Waals surface area contributed by atoms with E-state index in [0.717, 1.165) is 49.6 Å². The third-order valence-electron chi connectivity index (χ3n) is 6.73. The highest BCUT2D eigenvalue weighted by molar-refractivity contribution is 5.91. The lowest BCUT2D eigenvalue weighted by Gasteiger charge is -2.38. The van der Waals surface area contributed by atoms with Crippen molar-refractivity contribution in [1.82, 2.24) is 14.9 Å². The number of aryl methyl sites for hydroxylation is 2. The largest absolute Gasteiger partial charge is 0.463 e. The first-order valence-corrected chi connectivity index (χ1v) is 12.4. The molecular weight excluding hydrogens is 440 g/mol. The van der Waals surface area contributed by atoms with Crippen LogP contribution >= 0.6 is 0 Å². The van der Waals surface area contributed by atoms with Crippen molar-refractivity contribution < 1.29 is 9.53 Å². The van der Waals surface area contributed by atoms with Crippen LogP contribution in [0.3, 0.4) is 0 Å². The lowest BCUT2D eigenvalue weighted by molar-refractivity contribution is -0.126. The van der Waals surface area contributed by atoms with Crippen molar-refractivity contribution in [2.45, 2.75) is 40.2 Å². The highest BCUT2D eigenvalue weighted by Gasteiger charge is 2.29. The fourth-order valence-electron chi connectivity index (χ4n) is 4.90. The fraction of sp³-hybridized carbons (Fsp3) is 0.481. The van der Waals surface area contributed by atoms with Crippen molar-refractivity contribution in [3.8, 4) is 6.01 Å². The van der Waals surface area contributed by atoms with Crippen molar-refractivity contribution in [1.29, 1.82) is 0 Å². The third kappa shape index (κ3) is 5.16. The number of hydrogen-bond acceptors (Lipinski definition) is 7. The summed E-state index contributed by atoms with van der Waals surface area (Å²) in [7, 11) is 1.82. The average Bonchev–Trinajstić information content (AvgIpc) is 2.88. The molecule has 1 saturated heterocycles. The molecule has 0 bridgehead atoms. The molecule has 186 valence electrons. The monoisotopic (exact) mass is 476 g/mol. The van der Waals surface area contributed by atoms with Crippen LogP contribution in [0.1, 0.15) is 41.3 Å². The number of nitrogens with zero attached hydrogens (tertiary/aromatic N) is 6. The molecule has 0 saturated carbocycles. The molecule has 0 unspecified atom stereocenters.